The van der Waals surface area contributed by atoms with Gasteiger partial charge in [0.1, 0.15) is 11.3 Å². The Kier molecular flexibility index (Phi) is 4.63. The van der Waals surface area contributed by atoms with Crippen molar-refractivity contribution in [2.45, 2.75) is 0 Å². The standard InChI is InChI=1S/C29H22N3OP/c1-34(33,29-14-5-7-18-31-29)23-10-8-9-21(19-23)22-15-16-25-24-11-2-3-12-26(24)32(27(25)20-22)28-13-4-6-17-30-28/h2-20H,1H3/i13D. The number of pyridine rings is 2. The molecule has 3 heterocycles. The molecule has 0 amide bonds. The Hall–Kier alpha value is -4.01. The lowest BCUT2D eigenvalue weighted by atomic mass is 10.0. The first-order chi connectivity index (χ1) is 17.0. The second-order valence-corrected chi connectivity index (χ2v) is 11.2. The van der Waals surface area contributed by atoms with Gasteiger partial charge in [0, 0.05) is 28.5 Å². The van der Waals surface area contributed by atoms with Gasteiger partial charge >= 0.3 is 0 Å². The molecule has 6 rings (SSSR count). The summed E-state index contributed by atoms with van der Waals surface area (Å²) in [6, 6.07) is 31.9. The molecule has 3 aromatic carbocycles. The number of fused-ring (bicyclic) bond motifs is 3. The average molecular weight is 460 g/mol. The highest BCUT2D eigenvalue weighted by Crippen LogP contribution is 2.39. The summed E-state index contributed by atoms with van der Waals surface area (Å²) < 4.78 is 24.2. The fraction of sp³-hybridized carbons (Fsp3) is 0.0345. The van der Waals surface area contributed by atoms with Gasteiger partial charge in [-0.1, -0.05) is 60.7 Å². The van der Waals surface area contributed by atoms with Crippen LogP contribution in [0.3, 0.4) is 0 Å². The van der Waals surface area contributed by atoms with Gasteiger partial charge in [0.15, 0.2) is 7.14 Å². The highest BCUT2D eigenvalue weighted by atomic mass is 31.2. The van der Waals surface area contributed by atoms with Crippen molar-refractivity contribution >= 4 is 39.7 Å². The van der Waals surface area contributed by atoms with Crippen molar-refractivity contribution in [3.05, 3.63) is 115 Å². The molecule has 0 aliphatic heterocycles. The molecule has 0 bridgehead atoms. The van der Waals surface area contributed by atoms with E-state index in [2.05, 4.69) is 44.9 Å². The molecule has 0 aliphatic rings. The van der Waals surface area contributed by atoms with Crippen LogP contribution in [-0.2, 0) is 4.57 Å². The average Bonchev–Trinajstić information content (AvgIpc) is 3.23. The van der Waals surface area contributed by atoms with Crippen LogP contribution in [-0.4, -0.2) is 21.2 Å². The Morgan fingerprint density at radius 1 is 0.735 bits per heavy atom. The van der Waals surface area contributed by atoms with Gasteiger partial charge in [0.25, 0.3) is 0 Å². The summed E-state index contributed by atoms with van der Waals surface area (Å²) in [7, 11) is -2.83. The minimum Gasteiger partial charge on any atom is -0.312 e. The molecule has 1 unspecified atom stereocenters. The molecular formula is C29H22N3OP. The van der Waals surface area contributed by atoms with Crippen molar-refractivity contribution in [2.24, 2.45) is 0 Å². The van der Waals surface area contributed by atoms with Gasteiger partial charge in [-0.25, -0.2) is 4.98 Å². The van der Waals surface area contributed by atoms with Crippen LogP contribution in [0.2, 0.25) is 0 Å². The molecule has 0 aliphatic carbocycles. The maximum atomic E-state index is 13.7. The quantitative estimate of drug-likeness (QED) is 0.295. The van der Waals surface area contributed by atoms with Gasteiger partial charge in [-0.15, -0.1) is 0 Å². The number of aromatic nitrogens is 3. The van der Waals surface area contributed by atoms with Crippen molar-refractivity contribution < 1.29 is 5.94 Å². The smallest absolute Gasteiger partial charge is 0.157 e. The summed E-state index contributed by atoms with van der Waals surface area (Å²) in [6.07, 6.45) is 3.40. The lowest BCUT2D eigenvalue weighted by molar-refractivity contribution is 0.590. The lowest BCUT2D eigenvalue weighted by Gasteiger charge is -2.14. The predicted octanol–water partition coefficient (Wildman–Crippen LogP) is 6.18. The van der Waals surface area contributed by atoms with E-state index in [1.165, 1.54) is 0 Å². The first kappa shape index (κ1) is 19.5. The topological polar surface area (TPSA) is 47.8 Å². The van der Waals surface area contributed by atoms with E-state index >= 15 is 0 Å². The van der Waals surface area contributed by atoms with E-state index in [0.717, 1.165) is 38.2 Å². The molecule has 1 atom stereocenters. The maximum Gasteiger partial charge on any atom is 0.157 e. The zero-order valence-electron chi connectivity index (χ0n) is 19.6. The summed E-state index contributed by atoms with van der Waals surface area (Å²) >= 11 is 0. The van der Waals surface area contributed by atoms with Crippen LogP contribution in [0.1, 0.15) is 1.37 Å². The number of benzene rings is 3. The fourth-order valence-electron chi connectivity index (χ4n) is 4.51. The zero-order chi connectivity index (χ0) is 24.0. The van der Waals surface area contributed by atoms with Gasteiger partial charge < -0.3 is 4.57 Å². The Morgan fingerprint density at radius 3 is 2.35 bits per heavy atom. The van der Waals surface area contributed by atoms with Gasteiger partial charge in [-0.2, -0.15) is 0 Å². The first-order valence-corrected chi connectivity index (χ1v) is 13.2. The molecular weight excluding hydrogens is 437 g/mol. The van der Waals surface area contributed by atoms with Gasteiger partial charge in [-0.3, -0.25) is 9.55 Å². The second kappa shape index (κ2) is 8.09. The largest absolute Gasteiger partial charge is 0.312 e. The molecule has 0 radical (unpaired) electrons. The minimum atomic E-state index is -2.83. The predicted molar refractivity (Wildman–Crippen MR) is 141 cm³/mol. The van der Waals surface area contributed by atoms with Gasteiger partial charge in [-0.05, 0) is 60.2 Å². The van der Waals surface area contributed by atoms with Crippen molar-refractivity contribution in [3.8, 4) is 16.9 Å². The van der Waals surface area contributed by atoms with Crippen LogP contribution in [0.4, 0.5) is 0 Å². The third-order valence-corrected chi connectivity index (χ3v) is 8.64. The molecule has 6 aromatic rings. The van der Waals surface area contributed by atoms with Crippen LogP contribution in [0, 0.1) is 0 Å². The van der Waals surface area contributed by atoms with Crippen molar-refractivity contribution in [1.29, 1.82) is 0 Å². The van der Waals surface area contributed by atoms with E-state index in [1.807, 2.05) is 54.6 Å². The van der Waals surface area contributed by atoms with Gasteiger partial charge in [0.05, 0.1) is 12.4 Å². The highest BCUT2D eigenvalue weighted by molar-refractivity contribution is 7.77. The highest BCUT2D eigenvalue weighted by Gasteiger charge is 2.23. The molecule has 0 saturated heterocycles. The summed E-state index contributed by atoms with van der Waals surface area (Å²) in [5.41, 5.74) is 4.57. The van der Waals surface area contributed by atoms with Crippen LogP contribution >= 0.6 is 7.14 Å². The van der Waals surface area contributed by atoms with Crippen molar-refractivity contribution in [3.63, 3.8) is 0 Å². The monoisotopic (exact) mass is 460 g/mol. The fourth-order valence-corrected chi connectivity index (χ4v) is 6.18. The van der Waals surface area contributed by atoms with E-state index in [4.69, 9.17) is 1.37 Å². The molecule has 34 heavy (non-hydrogen) atoms. The third-order valence-electron chi connectivity index (χ3n) is 6.24. The normalized spacial score (nSPS) is 13.6. The molecule has 0 fully saturated rings. The Labute approximate surface area is 199 Å². The van der Waals surface area contributed by atoms with Crippen LogP contribution in [0.15, 0.2) is 115 Å². The van der Waals surface area contributed by atoms with Crippen molar-refractivity contribution in [2.75, 3.05) is 6.66 Å². The van der Waals surface area contributed by atoms with Crippen LogP contribution < -0.4 is 10.7 Å². The number of rotatable bonds is 4. The number of nitrogens with zero attached hydrogens (tertiary/aromatic N) is 3. The maximum absolute atomic E-state index is 13.7. The summed E-state index contributed by atoms with van der Waals surface area (Å²) in [5, 5.41) is 2.98. The summed E-state index contributed by atoms with van der Waals surface area (Å²) in [5.74, 6) is 0.595. The van der Waals surface area contributed by atoms with E-state index in [9.17, 15) is 4.57 Å². The molecule has 5 heteroatoms. The second-order valence-electron chi connectivity index (χ2n) is 8.35. The van der Waals surface area contributed by atoms with Crippen molar-refractivity contribution in [1.82, 2.24) is 14.5 Å². The third kappa shape index (κ3) is 3.35. The lowest BCUT2D eigenvalue weighted by Crippen LogP contribution is -2.17. The Morgan fingerprint density at radius 2 is 1.50 bits per heavy atom. The minimum absolute atomic E-state index is 0.366. The summed E-state index contributed by atoms with van der Waals surface area (Å²) in [6.45, 7) is 1.77. The van der Waals surface area contributed by atoms with Gasteiger partial charge in [0.2, 0.25) is 0 Å². The molecule has 4 nitrogen and oxygen atoms in total. The number of hydrogen-bond donors (Lipinski definition) is 0. The molecule has 0 saturated carbocycles. The van der Waals surface area contributed by atoms with Crippen LogP contribution in [0.25, 0.3) is 38.8 Å². The van der Waals surface area contributed by atoms with E-state index in [-0.39, 0.29) is 0 Å². The Bertz CT molecular complexity index is 1760. The molecule has 164 valence electrons. The number of hydrogen-bond acceptors (Lipinski definition) is 3. The van der Waals surface area contributed by atoms with Crippen LogP contribution in [0.5, 0.6) is 0 Å². The molecule has 0 N–H and O–H groups in total. The number of para-hydroxylation sites is 1. The first-order valence-electron chi connectivity index (χ1n) is 11.6. The Balaban J connectivity index is 1.56. The van der Waals surface area contributed by atoms with E-state index in [0.29, 0.717) is 17.3 Å². The molecule has 0 spiro atoms. The van der Waals surface area contributed by atoms with E-state index in [1.54, 1.807) is 31.2 Å². The molecule has 3 aromatic heterocycles. The SMILES string of the molecule is [2H]c1cccnc1-n1c2ccccc2c2ccc(-c3cccc(P(C)(=O)c4ccccn4)c3)cc21. The van der Waals surface area contributed by atoms with E-state index < -0.39 is 7.14 Å². The summed E-state index contributed by atoms with van der Waals surface area (Å²) in [4.78, 5) is 8.89. The zero-order valence-corrected chi connectivity index (χ0v) is 19.5.